The lowest BCUT2D eigenvalue weighted by Gasteiger charge is -2.34. The monoisotopic (exact) mass is 318 g/mol. The summed E-state index contributed by atoms with van der Waals surface area (Å²) in [7, 11) is 0. The van der Waals surface area contributed by atoms with Gasteiger partial charge < -0.3 is 4.90 Å². The molecule has 1 aliphatic rings. The molecule has 0 radical (unpaired) electrons. The van der Waals surface area contributed by atoms with Gasteiger partial charge in [-0.05, 0) is 18.5 Å². The molecule has 1 aliphatic heterocycles. The average molecular weight is 319 g/mol. The maximum absolute atomic E-state index is 2.65. The molecule has 2 nitrogen and oxygen atoms in total. The molecule has 0 saturated carbocycles. The van der Waals surface area contributed by atoms with E-state index in [4.69, 9.17) is 0 Å². The van der Waals surface area contributed by atoms with Gasteiger partial charge in [0.1, 0.15) is 0 Å². The number of piperazine rings is 1. The Hall–Kier alpha value is -0.860. The van der Waals surface area contributed by atoms with Crippen molar-refractivity contribution >= 4 is 0 Å². The summed E-state index contributed by atoms with van der Waals surface area (Å²) in [6, 6.07) is 10.9. The predicted molar refractivity (Wildman–Crippen MR) is 103 cm³/mol. The Balaban J connectivity index is 0.000000816. The highest BCUT2D eigenvalue weighted by Crippen LogP contribution is 2.10. The van der Waals surface area contributed by atoms with Crippen molar-refractivity contribution in [3.8, 4) is 0 Å². The van der Waals surface area contributed by atoms with Crippen molar-refractivity contribution in [2.75, 3.05) is 32.7 Å². The van der Waals surface area contributed by atoms with E-state index in [1.807, 2.05) is 0 Å². The molecule has 1 fully saturated rings. The molecular weight excluding hydrogens is 280 g/mol. The lowest BCUT2D eigenvalue weighted by molar-refractivity contribution is 0.125. The van der Waals surface area contributed by atoms with Crippen molar-refractivity contribution in [3.63, 3.8) is 0 Å². The van der Waals surface area contributed by atoms with Gasteiger partial charge in [-0.1, -0.05) is 83.2 Å². The summed E-state index contributed by atoms with van der Waals surface area (Å²) in [6.45, 7) is 13.9. The lowest BCUT2D eigenvalue weighted by Crippen LogP contribution is -2.46. The standard InChI is InChI=1S/C18H30N2.C3H8/c1-2-3-4-5-9-12-19-13-15-20(16-14-19)17-18-10-7-6-8-11-18;1-3-2/h6-8,10-11H,2-5,9,12-17H2,1H3;3H2,1-2H3. The van der Waals surface area contributed by atoms with Crippen LogP contribution in [-0.2, 0) is 6.54 Å². The van der Waals surface area contributed by atoms with Gasteiger partial charge in [-0.3, -0.25) is 4.90 Å². The molecule has 0 N–H and O–H groups in total. The summed E-state index contributed by atoms with van der Waals surface area (Å²) < 4.78 is 0. The van der Waals surface area contributed by atoms with Gasteiger partial charge in [0.15, 0.2) is 0 Å². The van der Waals surface area contributed by atoms with E-state index in [2.05, 4.69) is 60.9 Å². The molecule has 132 valence electrons. The molecule has 1 saturated heterocycles. The summed E-state index contributed by atoms with van der Waals surface area (Å²) in [4.78, 5) is 5.23. The minimum atomic E-state index is 1.12. The van der Waals surface area contributed by atoms with Crippen molar-refractivity contribution in [2.45, 2.75) is 65.8 Å². The Morgan fingerprint density at radius 1 is 0.739 bits per heavy atom. The fourth-order valence-electron chi connectivity index (χ4n) is 2.95. The molecular formula is C21H38N2. The van der Waals surface area contributed by atoms with E-state index >= 15 is 0 Å². The van der Waals surface area contributed by atoms with Gasteiger partial charge in [0, 0.05) is 32.7 Å². The first kappa shape index (κ1) is 20.2. The molecule has 2 rings (SSSR count). The molecule has 0 atom stereocenters. The zero-order chi connectivity index (χ0) is 16.8. The van der Waals surface area contributed by atoms with Gasteiger partial charge >= 0.3 is 0 Å². The minimum Gasteiger partial charge on any atom is -0.301 e. The Morgan fingerprint density at radius 2 is 1.30 bits per heavy atom. The SMILES string of the molecule is CCC.CCCCCCCN1CCN(Cc2ccccc2)CC1. The number of rotatable bonds is 8. The molecule has 0 unspecified atom stereocenters. The predicted octanol–water partition coefficient (Wildman–Crippen LogP) is 5.19. The Bertz CT molecular complexity index is 355. The van der Waals surface area contributed by atoms with E-state index in [0.717, 1.165) is 6.54 Å². The van der Waals surface area contributed by atoms with Crippen LogP contribution in [0.4, 0.5) is 0 Å². The molecule has 1 aromatic rings. The van der Waals surface area contributed by atoms with Crippen LogP contribution in [0.1, 0.15) is 64.9 Å². The third-order valence-corrected chi connectivity index (χ3v) is 4.29. The molecule has 0 aliphatic carbocycles. The zero-order valence-electron chi connectivity index (χ0n) is 15.8. The fraction of sp³-hybridized carbons (Fsp3) is 0.714. The first-order chi connectivity index (χ1) is 11.3. The summed E-state index contributed by atoms with van der Waals surface area (Å²) in [6.07, 6.45) is 8.23. The van der Waals surface area contributed by atoms with Crippen LogP contribution in [-0.4, -0.2) is 42.5 Å². The average Bonchev–Trinajstić information content (AvgIpc) is 2.58. The number of hydrogen-bond donors (Lipinski definition) is 0. The van der Waals surface area contributed by atoms with Crippen LogP contribution in [0.3, 0.4) is 0 Å². The second-order valence-corrected chi connectivity index (χ2v) is 6.72. The molecule has 0 aromatic heterocycles. The highest BCUT2D eigenvalue weighted by atomic mass is 15.3. The number of nitrogens with zero attached hydrogens (tertiary/aromatic N) is 2. The maximum Gasteiger partial charge on any atom is 0.0234 e. The zero-order valence-corrected chi connectivity index (χ0v) is 15.8. The summed E-state index contributed by atoms with van der Waals surface area (Å²) in [5.41, 5.74) is 1.44. The van der Waals surface area contributed by atoms with Crippen LogP contribution in [0.25, 0.3) is 0 Å². The van der Waals surface area contributed by atoms with Gasteiger partial charge in [0.2, 0.25) is 0 Å². The molecule has 2 heteroatoms. The molecule has 23 heavy (non-hydrogen) atoms. The normalized spacial score (nSPS) is 16.0. The Labute approximate surface area is 144 Å². The van der Waals surface area contributed by atoms with Gasteiger partial charge in [-0.25, -0.2) is 0 Å². The van der Waals surface area contributed by atoms with Crippen LogP contribution in [0.5, 0.6) is 0 Å². The molecule has 0 amide bonds. The van der Waals surface area contributed by atoms with Gasteiger partial charge in [-0.15, -0.1) is 0 Å². The van der Waals surface area contributed by atoms with E-state index < -0.39 is 0 Å². The minimum absolute atomic E-state index is 1.12. The van der Waals surface area contributed by atoms with E-state index in [0.29, 0.717) is 0 Å². The van der Waals surface area contributed by atoms with E-state index in [1.165, 1.54) is 76.8 Å². The Morgan fingerprint density at radius 3 is 1.91 bits per heavy atom. The molecule has 0 spiro atoms. The van der Waals surface area contributed by atoms with Crippen molar-refractivity contribution in [1.82, 2.24) is 9.80 Å². The first-order valence-corrected chi connectivity index (χ1v) is 9.78. The number of hydrogen-bond acceptors (Lipinski definition) is 2. The summed E-state index contributed by atoms with van der Waals surface area (Å²) in [5, 5.41) is 0. The first-order valence-electron chi connectivity index (χ1n) is 9.78. The van der Waals surface area contributed by atoms with Gasteiger partial charge in [0.05, 0.1) is 0 Å². The van der Waals surface area contributed by atoms with E-state index in [9.17, 15) is 0 Å². The molecule has 0 bridgehead atoms. The smallest absolute Gasteiger partial charge is 0.0234 e. The van der Waals surface area contributed by atoms with Crippen molar-refractivity contribution in [1.29, 1.82) is 0 Å². The third-order valence-electron chi connectivity index (χ3n) is 4.29. The van der Waals surface area contributed by atoms with Crippen molar-refractivity contribution in [3.05, 3.63) is 35.9 Å². The highest BCUT2D eigenvalue weighted by molar-refractivity contribution is 5.14. The second-order valence-electron chi connectivity index (χ2n) is 6.72. The number of unbranched alkanes of at least 4 members (excludes halogenated alkanes) is 4. The van der Waals surface area contributed by atoms with Gasteiger partial charge in [0.25, 0.3) is 0 Å². The van der Waals surface area contributed by atoms with E-state index in [-0.39, 0.29) is 0 Å². The second kappa shape index (κ2) is 13.6. The van der Waals surface area contributed by atoms with Crippen LogP contribution in [0, 0.1) is 0 Å². The lowest BCUT2D eigenvalue weighted by atomic mass is 10.1. The van der Waals surface area contributed by atoms with Crippen molar-refractivity contribution < 1.29 is 0 Å². The topological polar surface area (TPSA) is 6.48 Å². The van der Waals surface area contributed by atoms with Gasteiger partial charge in [-0.2, -0.15) is 0 Å². The summed E-state index contributed by atoms with van der Waals surface area (Å²) >= 11 is 0. The van der Waals surface area contributed by atoms with Crippen LogP contribution >= 0.6 is 0 Å². The Kier molecular flexibility index (Phi) is 11.9. The molecule has 1 aromatic carbocycles. The molecule has 1 heterocycles. The fourth-order valence-corrected chi connectivity index (χ4v) is 2.95. The van der Waals surface area contributed by atoms with Crippen LogP contribution in [0.15, 0.2) is 30.3 Å². The summed E-state index contributed by atoms with van der Waals surface area (Å²) in [5.74, 6) is 0. The largest absolute Gasteiger partial charge is 0.301 e. The van der Waals surface area contributed by atoms with E-state index in [1.54, 1.807) is 0 Å². The van der Waals surface area contributed by atoms with Crippen LogP contribution < -0.4 is 0 Å². The number of benzene rings is 1. The third kappa shape index (κ3) is 9.78. The van der Waals surface area contributed by atoms with Crippen molar-refractivity contribution in [2.24, 2.45) is 0 Å². The maximum atomic E-state index is 2.65. The highest BCUT2D eigenvalue weighted by Gasteiger charge is 2.16. The quantitative estimate of drug-likeness (QED) is 0.609. The van der Waals surface area contributed by atoms with Crippen LogP contribution in [0.2, 0.25) is 0 Å².